The molecule has 0 amide bonds. The first-order chi connectivity index (χ1) is 14.0. The second-order valence-electron chi connectivity index (χ2n) is 8.35. The number of hydrogen-bond donors (Lipinski definition) is 2. The lowest BCUT2D eigenvalue weighted by Crippen LogP contribution is -2.47. The summed E-state index contributed by atoms with van der Waals surface area (Å²) in [5.74, 6) is 3.51. The molecule has 1 aromatic heterocycles. The van der Waals surface area contributed by atoms with Gasteiger partial charge in [0, 0.05) is 44.3 Å². The Kier molecular flexibility index (Phi) is 6.27. The molecule has 1 saturated carbocycles. The van der Waals surface area contributed by atoms with Crippen molar-refractivity contribution in [2.45, 2.75) is 75.3 Å². The van der Waals surface area contributed by atoms with Gasteiger partial charge in [0.1, 0.15) is 5.82 Å². The number of methoxy groups -OCH3 is 1. The lowest BCUT2D eigenvalue weighted by atomic mass is 9.81. The van der Waals surface area contributed by atoms with Crippen LogP contribution in [0.1, 0.15) is 57.1 Å². The molecule has 3 aliphatic rings. The van der Waals surface area contributed by atoms with Crippen LogP contribution in [0.5, 0.6) is 0 Å². The molecule has 1 saturated heterocycles. The number of likely N-dealkylation sites (tertiary alicyclic amines) is 1. The van der Waals surface area contributed by atoms with E-state index in [2.05, 4.69) is 18.7 Å². The molecule has 0 radical (unpaired) electrons. The van der Waals surface area contributed by atoms with E-state index in [4.69, 9.17) is 31.0 Å². The lowest BCUT2D eigenvalue weighted by molar-refractivity contribution is 0.0437. The van der Waals surface area contributed by atoms with E-state index < -0.39 is 0 Å². The second kappa shape index (κ2) is 8.73. The van der Waals surface area contributed by atoms with E-state index in [1.54, 1.807) is 11.8 Å². The predicted molar refractivity (Wildman–Crippen MR) is 117 cm³/mol. The van der Waals surface area contributed by atoms with Crippen LogP contribution in [-0.2, 0) is 11.2 Å². The molecule has 0 bridgehead atoms. The molecule has 0 spiro atoms. The van der Waals surface area contributed by atoms with E-state index in [1.165, 1.54) is 0 Å². The normalized spacial score (nSPS) is 31.1. The first-order valence-corrected chi connectivity index (χ1v) is 11.8. The Morgan fingerprint density at radius 2 is 2.21 bits per heavy atom. The highest BCUT2D eigenvalue weighted by Gasteiger charge is 2.41. The molecule has 9 heteroatoms. The van der Waals surface area contributed by atoms with Crippen LogP contribution in [0.2, 0.25) is 0 Å². The topological polar surface area (TPSA) is 105 Å². The zero-order valence-electron chi connectivity index (χ0n) is 17.7. The molecule has 1 aromatic rings. The Bertz CT molecular complexity index is 779. The molecule has 3 N–H and O–H groups in total. The van der Waals surface area contributed by atoms with Gasteiger partial charge in [-0.15, -0.1) is 5.10 Å². The van der Waals surface area contributed by atoms with Crippen molar-refractivity contribution in [1.82, 2.24) is 19.7 Å². The number of nitrogens with one attached hydrogen (secondary N) is 1. The average Bonchev–Trinajstić information content (AvgIpc) is 3.14. The Morgan fingerprint density at radius 3 is 2.97 bits per heavy atom. The first-order valence-electron chi connectivity index (χ1n) is 10.8. The van der Waals surface area contributed by atoms with Crippen LogP contribution in [0.4, 0.5) is 0 Å². The number of ether oxygens (including phenoxy) is 1. The first kappa shape index (κ1) is 20.8. The number of nitrogens with two attached hydrogens (primary N) is 1. The van der Waals surface area contributed by atoms with Crippen LogP contribution < -0.4 is 5.73 Å². The van der Waals surface area contributed by atoms with Crippen LogP contribution in [0.25, 0.3) is 0 Å². The van der Waals surface area contributed by atoms with E-state index in [0.29, 0.717) is 17.3 Å². The van der Waals surface area contributed by atoms with Crippen LogP contribution in [0, 0.1) is 5.41 Å². The van der Waals surface area contributed by atoms with Gasteiger partial charge in [-0.05, 0) is 38.4 Å². The van der Waals surface area contributed by atoms with Crippen LogP contribution in [-0.4, -0.2) is 80.7 Å². The van der Waals surface area contributed by atoms with Crippen molar-refractivity contribution < 1.29 is 4.74 Å². The minimum atomic E-state index is 0.0515. The van der Waals surface area contributed by atoms with Crippen molar-refractivity contribution in [2.75, 3.05) is 26.0 Å². The van der Waals surface area contributed by atoms with E-state index in [9.17, 15) is 0 Å². The molecular formula is C20H33N7OS. The Balaban J connectivity index is 1.48. The van der Waals surface area contributed by atoms with E-state index in [-0.39, 0.29) is 18.1 Å². The predicted octanol–water partition coefficient (Wildman–Crippen LogP) is 1.88. The van der Waals surface area contributed by atoms with Gasteiger partial charge in [-0.3, -0.25) is 4.90 Å². The van der Waals surface area contributed by atoms with Gasteiger partial charge in [0.05, 0.1) is 17.4 Å². The fourth-order valence-corrected chi connectivity index (χ4v) is 5.93. The Morgan fingerprint density at radius 1 is 1.38 bits per heavy atom. The van der Waals surface area contributed by atoms with E-state index >= 15 is 0 Å². The SMILES string of the molecule is CCSC1CN(C(C)Cc2nc3n(n2)C(N)=NC2C(OC)CCCC32)CCC1=N. The second-order valence-corrected chi connectivity index (χ2v) is 9.83. The summed E-state index contributed by atoms with van der Waals surface area (Å²) in [6.45, 7) is 6.29. The third-order valence-electron chi connectivity index (χ3n) is 6.53. The molecule has 5 unspecified atom stereocenters. The summed E-state index contributed by atoms with van der Waals surface area (Å²) in [5.41, 5.74) is 7.13. The fourth-order valence-electron chi connectivity index (χ4n) is 4.91. The summed E-state index contributed by atoms with van der Waals surface area (Å²) in [6, 6.07) is 0.384. The number of thioether (sulfide) groups is 1. The molecule has 160 valence electrons. The number of rotatable bonds is 6. The van der Waals surface area contributed by atoms with Gasteiger partial charge in [-0.1, -0.05) is 6.92 Å². The summed E-state index contributed by atoms with van der Waals surface area (Å²) < 4.78 is 7.42. The van der Waals surface area contributed by atoms with E-state index in [1.807, 2.05) is 11.8 Å². The molecule has 8 nitrogen and oxygen atoms in total. The molecule has 2 fully saturated rings. The maximum Gasteiger partial charge on any atom is 0.218 e. The lowest BCUT2D eigenvalue weighted by Gasteiger charge is -2.36. The smallest absolute Gasteiger partial charge is 0.218 e. The minimum Gasteiger partial charge on any atom is -0.379 e. The molecule has 5 atom stereocenters. The number of hydrogen-bond acceptors (Lipinski definition) is 8. The van der Waals surface area contributed by atoms with Crippen LogP contribution in [0.15, 0.2) is 4.99 Å². The summed E-state index contributed by atoms with van der Waals surface area (Å²) in [5, 5.41) is 13.2. The molecular weight excluding hydrogens is 386 g/mol. The fraction of sp³-hybridized carbons (Fsp3) is 0.800. The van der Waals surface area contributed by atoms with Gasteiger partial charge in [0.15, 0.2) is 5.82 Å². The zero-order valence-corrected chi connectivity index (χ0v) is 18.5. The summed E-state index contributed by atoms with van der Waals surface area (Å²) in [7, 11) is 1.76. The van der Waals surface area contributed by atoms with Gasteiger partial charge in [-0.2, -0.15) is 16.4 Å². The zero-order chi connectivity index (χ0) is 20.5. The highest BCUT2D eigenvalue weighted by atomic mass is 32.2. The minimum absolute atomic E-state index is 0.0515. The van der Waals surface area contributed by atoms with Crippen molar-refractivity contribution in [3.05, 3.63) is 11.6 Å². The summed E-state index contributed by atoms with van der Waals surface area (Å²) >= 11 is 1.88. The number of piperidine rings is 1. The third kappa shape index (κ3) is 4.09. The van der Waals surface area contributed by atoms with Crippen molar-refractivity contribution in [3.63, 3.8) is 0 Å². The monoisotopic (exact) mass is 419 g/mol. The Hall–Kier alpha value is -1.45. The van der Waals surface area contributed by atoms with Crippen molar-refractivity contribution in [2.24, 2.45) is 10.7 Å². The number of aromatic nitrogens is 3. The maximum absolute atomic E-state index is 8.22. The van der Waals surface area contributed by atoms with Gasteiger partial charge < -0.3 is 15.9 Å². The average molecular weight is 420 g/mol. The highest BCUT2D eigenvalue weighted by Crippen LogP contribution is 2.37. The van der Waals surface area contributed by atoms with Gasteiger partial charge in [0.25, 0.3) is 0 Å². The van der Waals surface area contributed by atoms with Crippen LogP contribution in [0.3, 0.4) is 0 Å². The van der Waals surface area contributed by atoms with Crippen molar-refractivity contribution >= 4 is 23.4 Å². The number of nitrogens with zero attached hydrogens (tertiary/aromatic N) is 5. The standard InChI is InChI=1S/C20H33N7OS/c1-4-29-16-11-26(9-8-14(16)21)12(2)10-17-23-19-13-6-5-7-15(28-3)18(13)24-20(22)27(19)25-17/h12-13,15-16,18,21H,4-11H2,1-3H3,(H2,22,24). The van der Waals surface area contributed by atoms with Crippen LogP contribution >= 0.6 is 11.8 Å². The molecule has 29 heavy (non-hydrogen) atoms. The van der Waals surface area contributed by atoms with Gasteiger partial charge in [-0.25, -0.2) is 9.98 Å². The van der Waals surface area contributed by atoms with Crippen molar-refractivity contribution in [3.8, 4) is 0 Å². The largest absolute Gasteiger partial charge is 0.379 e. The molecule has 2 aliphatic heterocycles. The molecule has 1 aliphatic carbocycles. The van der Waals surface area contributed by atoms with Crippen molar-refractivity contribution in [1.29, 1.82) is 5.41 Å². The van der Waals surface area contributed by atoms with E-state index in [0.717, 1.165) is 68.3 Å². The molecule has 4 rings (SSSR count). The third-order valence-corrected chi connectivity index (χ3v) is 7.70. The Labute approximate surface area is 177 Å². The van der Waals surface area contributed by atoms with Gasteiger partial charge >= 0.3 is 0 Å². The number of aliphatic imine (C=N–C) groups is 1. The van der Waals surface area contributed by atoms with Gasteiger partial charge in [0.2, 0.25) is 5.96 Å². The molecule has 0 aromatic carbocycles. The number of fused-ring (bicyclic) bond motifs is 3. The summed E-state index contributed by atoms with van der Waals surface area (Å²) in [4.78, 5) is 12.1. The summed E-state index contributed by atoms with van der Waals surface area (Å²) in [6.07, 6.45) is 4.94. The maximum atomic E-state index is 8.22. The quantitative estimate of drug-likeness (QED) is 0.729. The highest BCUT2D eigenvalue weighted by molar-refractivity contribution is 8.00. The molecule has 3 heterocycles.